The highest BCUT2D eigenvalue weighted by Gasteiger charge is 2.07. The molecule has 0 aliphatic carbocycles. The van der Waals surface area contributed by atoms with Crippen LogP contribution < -0.4 is 0 Å². The first kappa shape index (κ1) is 15.3. The van der Waals surface area contributed by atoms with Gasteiger partial charge in [-0.05, 0) is 48.1 Å². The van der Waals surface area contributed by atoms with Gasteiger partial charge in [-0.1, -0.05) is 49.4 Å². The van der Waals surface area contributed by atoms with Gasteiger partial charge in [0, 0.05) is 6.42 Å². The Kier molecular flexibility index (Phi) is 5.15. The van der Waals surface area contributed by atoms with Crippen LogP contribution in [0.3, 0.4) is 0 Å². The van der Waals surface area contributed by atoms with Crippen molar-refractivity contribution in [2.45, 2.75) is 40.2 Å². The van der Waals surface area contributed by atoms with E-state index in [0.29, 0.717) is 13.0 Å². The number of carbonyl (C=O) groups excluding carboxylic acids is 1. The molecule has 0 saturated carbocycles. The Hall–Kier alpha value is -2.09. The third kappa shape index (κ3) is 3.94. The van der Waals surface area contributed by atoms with Gasteiger partial charge in [0.2, 0.25) is 0 Å². The van der Waals surface area contributed by atoms with Crippen LogP contribution in [0.4, 0.5) is 0 Å². The molecule has 2 aromatic rings. The summed E-state index contributed by atoms with van der Waals surface area (Å²) in [5, 5.41) is 0. The van der Waals surface area contributed by atoms with Crippen LogP contribution in [0.1, 0.15) is 36.5 Å². The molecule has 0 amide bonds. The lowest BCUT2D eigenvalue weighted by Crippen LogP contribution is -2.03. The van der Waals surface area contributed by atoms with Gasteiger partial charge in [-0.2, -0.15) is 0 Å². The number of esters is 1. The van der Waals surface area contributed by atoms with Crippen molar-refractivity contribution >= 4 is 5.97 Å². The van der Waals surface area contributed by atoms with Gasteiger partial charge in [0.15, 0.2) is 0 Å². The molecular weight excluding hydrogens is 260 g/mol. The largest absolute Gasteiger partial charge is 0.461 e. The van der Waals surface area contributed by atoms with E-state index in [0.717, 1.165) is 12.0 Å². The summed E-state index contributed by atoms with van der Waals surface area (Å²) in [6.07, 6.45) is 1.31. The highest BCUT2D eigenvalue weighted by molar-refractivity contribution is 5.71. The predicted molar refractivity (Wildman–Crippen MR) is 86.1 cm³/mol. The smallest absolute Gasteiger partial charge is 0.306 e. The van der Waals surface area contributed by atoms with Crippen molar-refractivity contribution in [3.63, 3.8) is 0 Å². The minimum absolute atomic E-state index is 0.127. The Morgan fingerprint density at radius 1 is 1.00 bits per heavy atom. The van der Waals surface area contributed by atoms with Crippen molar-refractivity contribution in [1.29, 1.82) is 0 Å². The average molecular weight is 282 g/mol. The lowest BCUT2D eigenvalue weighted by Gasteiger charge is -2.11. The lowest BCUT2D eigenvalue weighted by atomic mass is 9.95. The van der Waals surface area contributed by atoms with E-state index in [2.05, 4.69) is 50.2 Å². The maximum atomic E-state index is 11.4. The number of carbonyl (C=O) groups is 1. The molecule has 2 nitrogen and oxygen atoms in total. The molecule has 0 heterocycles. The quantitative estimate of drug-likeness (QED) is 0.735. The zero-order valence-corrected chi connectivity index (χ0v) is 13.0. The highest BCUT2D eigenvalue weighted by Crippen LogP contribution is 2.27. The van der Waals surface area contributed by atoms with Crippen LogP contribution in [0, 0.1) is 13.8 Å². The number of benzene rings is 2. The van der Waals surface area contributed by atoms with Crippen LogP contribution in [-0.2, 0) is 16.1 Å². The SMILES string of the molecule is CCCC(=O)OCc1ccc(-c2ccccc2C)c(C)c1. The molecule has 0 bridgehead atoms. The summed E-state index contributed by atoms with van der Waals surface area (Å²) in [5.41, 5.74) is 5.99. The molecule has 0 spiro atoms. The molecule has 2 aromatic carbocycles. The minimum Gasteiger partial charge on any atom is -0.461 e. The number of aryl methyl sites for hydroxylation is 2. The van der Waals surface area contributed by atoms with E-state index in [1.165, 1.54) is 22.3 Å². The van der Waals surface area contributed by atoms with Crippen LogP contribution in [0.25, 0.3) is 11.1 Å². The average Bonchev–Trinajstić information content (AvgIpc) is 2.47. The Morgan fingerprint density at radius 3 is 2.38 bits per heavy atom. The fourth-order valence-corrected chi connectivity index (χ4v) is 2.43. The highest BCUT2D eigenvalue weighted by atomic mass is 16.5. The zero-order chi connectivity index (χ0) is 15.2. The van der Waals surface area contributed by atoms with Crippen LogP contribution in [0.2, 0.25) is 0 Å². The number of ether oxygens (including phenoxy) is 1. The lowest BCUT2D eigenvalue weighted by molar-refractivity contribution is -0.144. The van der Waals surface area contributed by atoms with Crippen LogP contribution >= 0.6 is 0 Å². The monoisotopic (exact) mass is 282 g/mol. The molecule has 2 heteroatoms. The second-order valence-electron chi connectivity index (χ2n) is 5.37. The molecule has 0 aliphatic rings. The van der Waals surface area contributed by atoms with E-state index in [1.807, 2.05) is 13.0 Å². The van der Waals surface area contributed by atoms with Crippen molar-refractivity contribution in [2.75, 3.05) is 0 Å². The molecule has 2 rings (SSSR count). The maximum absolute atomic E-state index is 11.4. The predicted octanol–water partition coefficient (Wildman–Crippen LogP) is 4.81. The van der Waals surface area contributed by atoms with E-state index in [1.54, 1.807) is 0 Å². The number of hydrogen-bond acceptors (Lipinski definition) is 2. The Balaban J connectivity index is 2.15. The molecule has 110 valence electrons. The first-order chi connectivity index (χ1) is 10.1. The third-order valence-corrected chi connectivity index (χ3v) is 3.58. The molecule has 0 N–H and O–H groups in total. The Bertz CT molecular complexity index is 629. The van der Waals surface area contributed by atoms with Crippen molar-refractivity contribution in [3.8, 4) is 11.1 Å². The minimum atomic E-state index is -0.127. The summed E-state index contributed by atoms with van der Waals surface area (Å²) >= 11 is 0. The van der Waals surface area contributed by atoms with Crippen molar-refractivity contribution in [1.82, 2.24) is 0 Å². The van der Waals surface area contributed by atoms with Crippen molar-refractivity contribution in [2.24, 2.45) is 0 Å². The summed E-state index contributed by atoms with van der Waals surface area (Å²) in [6, 6.07) is 14.6. The topological polar surface area (TPSA) is 26.3 Å². The summed E-state index contributed by atoms with van der Waals surface area (Å²) in [7, 11) is 0. The second-order valence-corrected chi connectivity index (χ2v) is 5.37. The van der Waals surface area contributed by atoms with Gasteiger partial charge in [-0.3, -0.25) is 4.79 Å². The summed E-state index contributed by atoms with van der Waals surface area (Å²) in [5.74, 6) is -0.127. The normalized spacial score (nSPS) is 10.4. The Morgan fingerprint density at radius 2 is 1.71 bits per heavy atom. The number of rotatable bonds is 5. The fourth-order valence-electron chi connectivity index (χ4n) is 2.43. The van der Waals surface area contributed by atoms with Gasteiger partial charge in [0.25, 0.3) is 0 Å². The number of hydrogen-bond donors (Lipinski definition) is 0. The summed E-state index contributed by atoms with van der Waals surface area (Å²) < 4.78 is 5.25. The molecule has 0 radical (unpaired) electrons. The first-order valence-corrected chi connectivity index (χ1v) is 7.43. The van der Waals surface area contributed by atoms with Crippen molar-refractivity contribution in [3.05, 3.63) is 59.2 Å². The van der Waals surface area contributed by atoms with Crippen LogP contribution in [-0.4, -0.2) is 5.97 Å². The molecule has 0 fully saturated rings. The maximum Gasteiger partial charge on any atom is 0.306 e. The van der Waals surface area contributed by atoms with Gasteiger partial charge in [0.05, 0.1) is 0 Å². The molecule has 21 heavy (non-hydrogen) atoms. The fraction of sp³-hybridized carbons (Fsp3) is 0.316. The van der Waals surface area contributed by atoms with Crippen LogP contribution in [0.5, 0.6) is 0 Å². The van der Waals surface area contributed by atoms with E-state index in [-0.39, 0.29) is 5.97 Å². The summed E-state index contributed by atoms with van der Waals surface area (Å²) in [6.45, 7) is 6.55. The van der Waals surface area contributed by atoms with Gasteiger partial charge in [-0.15, -0.1) is 0 Å². The van der Waals surface area contributed by atoms with Crippen molar-refractivity contribution < 1.29 is 9.53 Å². The first-order valence-electron chi connectivity index (χ1n) is 7.43. The van der Waals surface area contributed by atoms with Crippen LogP contribution in [0.15, 0.2) is 42.5 Å². The van der Waals surface area contributed by atoms with E-state index in [9.17, 15) is 4.79 Å². The molecular formula is C19H22O2. The molecule has 0 unspecified atom stereocenters. The third-order valence-electron chi connectivity index (χ3n) is 3.58. The zero-order valence-electron chi connectivity index (χ0n) is 13.0. The summed E-state index contributed by atoms with van der Waals surface area (Å²) in [4.78, 5) is 11.4. The second kappa shape index (κ2) is 7.07. The standard InChI is InChI=1S/C19H22O2/c1-4-7-19(20)21-13-16-10-11-18(15(3)12-16)17-9-6-5-8-14(17)2/h5-6,8-12H,4,7,13H2,1-3H3. The van der Waals surface area contributed by atoms with E-state index >= 15 is 0 Å². The van der Waals surface area contributed by atoms with E-state index in [4.69, 9.17) is 4.74 Å². The van der Waals surface area contributed by atoms with Gasteiger partial charge in [0.1, 0.15) is 6.61 Å². The molecule has 0 saturated heterocycles. The van der Waals surface area contributed by atoms with Gasteiger partial charge < -0.3 is 4.74 Å². The molecule has 0 atom stereocenters. The van der Waals surface area contributed by atoms with Gasteiger partial charge in [-0.25, -0.2) is 0 Å². The molecule has 0 aliphatic heterocycles. The Labute approximate surface area is 126 Å². The van der Waals surface area contributed by atoms with Gasteiger partial charge >= 0.3 is 5.97 Å². The molecule has 0 aromatic heterocycles. The van der Waals surface area contributed by atoms with E-state index < -0.39 is 0 Å².